The van der Waals surface area contributed by atoms with Crippen molar-refractivity contribution in [2.45, 2.75) is 6.04 Å². The van der Waals surface area contributed by atoms with Crippen molar-refractivity contribution >= 4 is 28.8 Å². The summed E-state index contributed by atoms with van der Waals surface area (Å²) in [6, 6.07) is 12.2. The van der Waals surface area contributed by atoms with Crippen LogP contribution in [0.25, 0.3) is 5.76 Å². The van der Waals surface area contributed by atoms with Gasteiger partial charge in [0.1, 0.15) is 18.8 Å². The Morgan fingerprint density at radius 2 is 1.89 bits per heavy atom. The molecule has 7 heteroatoms. The largest absolute Gasteiger partial charge is 0.507 e. The van der Waals surface area contributed by atoms with Crippen LogP contribution < -0.4 is 4.90 Å². The summed E-state index contributed by atoms with van der Waals surface area (Å²) in [7, 11) is 0. The molecular weight excluding hydrogens is 376 g/mol. The zero-order chi connectivity index (χ0) is 19.5. The molecule has 0 saturated carbocycles. The number of thiophene rings is 1. The fraction of sp³-hybridized carbons (Fsp3) is 0.333. The average molecular weight is 399 g/mol. The predicted molar refractivity (Wildman–Crippen MR) is 106 cm³/mol. The molecule has 0 spiro atoms. The highest BCUT2D eigenvalue weighted by molar-refractivity contribution is 7.10. The summed E-state index contributed by atoms with van der Waals surface area (Å²) < 4.78 is 5.39. The molecule has 2 aliphatic rings. The van der Waals surface area contributed by atoms with Crippen LogP contribution >= 0.6 is 11.3 Å². The zero-order valence-corrected chi connectivity index (χ0v) is 16.3. The third-order valence-corrected chi connectivity index (χ3v) is 6.23. The number of ether oxygens (including phenoxy) is 1. The second-order valence-electron chi connectivity index (χ2n) is 6.99. The first-order chi connectivity index (χ1) is 13.7. The Labute approximate surface area is 167 Å². The SMILES string of the molecule is O=C1C(=O)N(CC[NH+]2CCOCC2)[C@H](c2cccs2)C1=C(O)c1ccccc1. The quantitative estimate of drug-likeness (QED) is 0.449. The molecule has 6 nitrogen and oxygen atoms in total. The third kappa shape index (κ3) is 3.61. The van der Waals surface area contributed by atoms with E-state index in [2.05, 4.69) is 0 Å². The molecule has 2 aromatic rings. The Balaban J connectivity index is 1.68. The Morgan fingerprint density at radius 3 is 2.57 bits per heavy atom. The number of carbonyl (C=O) groups is 2. The van der Waals surface area contributed by atoms with Crippen LogP contribution in [0.2, 0.25) is 0 Å². The summed E-state index contributed by atoms with van der Waals surface area (Å²) >= 11 is 1.49. The van der Waals surface area contributed by atoms with Gasteiger partial charge in [0.2, 0.25) is 0 Å². The van der Waals surface area contributed by atoms with E-state index in [4.69, 9.17) is 4.74 Å². The van der Waals surface area contributed by atoms with Crippen molar-refractivity contribution in [3.8, 4) is 0 Å². The van der Waals surface area contributed by atoms with Crippen molar-refractivity contribution in [3.05, 3.63) is 63.9 Å². The molecule has 2 saturated heterocycles. The fourth-order valence-electron chi connectivity index (χ4n) is 3.79. The minimum absolute atomic E-state index is 0.112. The van der Waals surface area contributed by atoms with Gasteiger partial charge in [0.05, 0.1) is 37.9 Å². The van der Waals surface area contributed by atoms with Crippen molar-refractivity contribution < 1.29 is 24.3 Å². The second kappa shape index (κ2) is 8.26. The number of morpholine rings is 1. The van der Waals surface area contributed by atoms with E-state index in [9.17, 15) is 14.7 Å². The molecule has 28 heavy (non-hydrogen) atoms. The molecule has 2 aliphatic heterocycles. The molecule has 1 amide bonds. The molecular formula is C21H23N2O4S+. The molecule has 1 aromatic heterocycles. The molecule has 4 rings (SSSR count). The van der Waals surface area contributed by atoms with Gasteiger partial charge in [0.15, 0.2) is 0 Å². The first-order valence-electron chi connectivity index (χ1n) is 9.45. The van der Waals surface area contributed by atoms with Gasteiger partial charge in [-0.1, -0.05) is 36.4 Å². The molecule has 0 aliphatic carbocycles. The van der Waals surface area contributed by atoms with Crippen LogP contribution in [0.1, 0.15) is 16.5 Å². The number of aliphatic hydroxyl groups excluding tert-OH is 1. The lowest BCUT2D eigenvalue weighted by molar-refractivity contribution is -0.907. The lowest BCUT2D eigenvalue weighted by Crippen LogP contribution is -3.14. The number of ketones is 1. The van der Waals surface area contributed by atoms with E-state index in [1.807, 2.05) is 23.6 Å². The Hall–Kier alpha value is -2.48. The highest BCUT2D eigenvalue weighted by Crippen LogP contribution is 2.40. The maximum absolute atomic E-state index is 12.9. The van der Waals surface area contributed by atoms with Crippen LogP contribution in [0, 0.1) is 0 Å². The van der Waals surface area contributed by atoms with E-state index in [-0.39, 0.29) is 11.3 Å². The zero-order valence-electron chi connectivity index (χ0n) is 15.5. The number of amides is 1. The minimum Gasteiger partial charge on any atom is -0.507 e. The lowest BCUT2D eigenvalue weighted by atomic mass is 10.00. The number of hydrogen-bond acceptors (Lipinski definition) is 5. The third-order valence-electron chi connectivity index (χ3n) is 5.31. The van der Waals surface area contributed by atoms with Crippen LogP contribution in [-0.4, -0.2) is 61.1 Å². The Morgan fingerprint density at radius 1 is 1.14 bits per heavy atom. The molecule has 1 aromatic carbocycles. The number of aliphatic hydroxyl groups is 1. The topological polar surface area (TPSA) is 71.3 Å². The molecule has 0 unspecified atom stereocenters. The number of rotatable bonds is 5. The van der Waals surface area contributed by atoms with Crippen LogP contribution in [0.5, 0.6) is 0 Å². The number of nitrogens with one attached hydrogen (secondary N) is 1. The highest BCUT2D eigenvalue weighted by Gasteiger charge is 2.46. The van der Waals surface area contributed by atoms with E-state index in [0.29, 0.717) is 12.1 Å². The number of hydrogen-bond donors (Lipinski definition) is 2. The smallest absolute Gasteiger partial charge is 0.295 e. The summed E-state index contributed by atoms with van der Waals surface area (Å²) in [4.78, 5) is 29.5. The molecule has 146 valence electrons. The Kier molecular flexibility index (Phi) is 5.57. The molecule has 0 bridgehead atoms. The summed E-state index contributed by atoms with van der Waals surface area (Å²) in [6.07, 6.45) is 0. The van der Waals surface area contributed by atoms with E-state index in [1.54, 1.807) is 29.2 Å². The summed E-state index contributed by atoms with van der Waals surface area (Å²) in [6.45, 7) is 4.46. The lowest BCUT2D eigenvalue weighted by Gasteiger charge is -2.28. The minimum atomic E-state index is -0.614. The first-order valence-corrected chi connectivity index (χ1v) is 10.3. The van der Waals surface area contributed by atoms with Crippen molar-refractivity contribution in [1.82, 2.24) is 4.90 Å². The van der Waals surface area contributed by atoms with Crippen LogP contribution in [0.15, 0.2) is 53.4 Å². The predicted octanol–water partition coefficient (Wildman–Crippen LogP) is 1.08. The van der Waals surface area contributed by atoms with Gasteiger partial charge in [-0.15, -0.1) is 11.3 Å². The van der Waals surface area contributed by atoms with Crippen molar-refractivity contribution in [2.75, 3.05) is 39.4 Å². The van der Waals surface area contributed by atoms with Crippen LogP contribution in [0.3, 0.4) is 0 Å². The number of Topliss-reactive ketones (excluding diaryl/α,β-unsaturated/α-hetero) is 1. The van der Waals surface area contributed by atoms with Crippen LogP contribution in [0.4, 0.5) is 0 Å². The van der Waals surface area contributed by atoms with Gasteiger partial charge in [0.25, 0.3) is 11.7 Å². The van der Waals surface area contributed by atoms with E-state index < -0.39 is 17.7 Å². The number of carbonyl (C=O) groups excluding carboxylic acids is 2. The van der Waals surface area contributed by atoms with E-state index in [1.165, 1.54) is 16.2 Å². The Bertz CT molecular complexity index is 873. The monoisotopic (exact) mass is 399 g/mol. The van der Waals surface area contributed by atoms with E-state index in [0.717, 1.165) is 37.7 Å². The summed E-state index contributed by atoms with van der Waals surface area (Å²) in [5.74, 6) is -1.26. The second-order valence-corrected chi connectivity index (χ2v) is 7.97. The number of likely N-dealkylation sites (tertiary alicyclic amines) is 1. The highest BCUT2D eigenvalue weighted by atomic mass is 32.1. The molecule has 1 atom stereocenters. The first kappa shape index (κ1) is 18.9. The number of nitrogens with zero attached hydrogens (tertiary/aromatic N) is 1. The van der Waals surface area contributed by atoms with Crippen molar-refractivity contribution in [1.29, 1.82) is 0 Å². The standard InChI is InChI=1S/C21H22N2O4S/c24-19(15-5-2-1-3-6-15)17-18(16-7-4-14-28-16)23(21(26)20(17)25)9-8-22-10-12-27-13-11-22/h1-7,14,18,24H,8-13H2/p+1/t18-/m1/s1. The van der Waals surface area contributed by atoms with Gasteiger partial charge in [-0.05, 0) is 11.4 Å². The molecule has 2 N–H and O–H groups in total. The van der Waals surface area contributed by atoms with Gasteiger partial charge in [0, 0.05) is 10.4 Å². The van der Waals surface area contributed by atoms with Gasteiger partial charge in [-0.3, -0.25) is 9.59 Å². The molecule has 3 heterocycles. The van der Waals surface area contributed by atoms with Gasteiger partial charge < -0.3 is 19.6 Å². The maximum atomic E-state index is 12.9. The normalized spacial score (nSPS) is 22.7. The summed E-state index contributed by atoms with van der Waals surface area (Å²) in [5.41, 5.74) is 0.719. The maximum Gasteiger partial charge on any atom is 0.295 e. The average Bonchev–Trinajstić information content (AvgIpc) is 3.35. The van der Waals surface area contributed by atoms with Gasteiger partial charge >= 0.3 is 0 Å². The van der Waals surface area contributed by atoms with Crippen LogP contribution in [-0.2, 0) is 14.3 Å². The van der Waals surface area contributed by atoms with Gasteiger partial charge in [-0.25, -0.2) is 0 Å². The fourth-order valence-corrected chi connectivity index (χ4v) is 4.64. The number of quaternary nitrogens is 1. The summed E-state index contributed by atoms with van der Waals surface area (Å²) in [5, 5.41) is 12.8. The van der Waals surface area contributed by atoms with Gasteiger partial charge in [-0.2, -0.15) is 0 Å². The van der Waals surface area contributed by atoms with Crippen molar-refractivity contribution in [3.63, 3.8) is 0 Å². The van der Waals surface area contributed by atoms with E-state index >= 15 is 0 Å². The molecule has 2 fully saturated rings. The van der Waals surface area contributed by atoms with Crippen molar-refractivity contribution in [2.24, 2.45) is 0 Å². The molecule has 0 radical (unpaired) electrons. The number of benzene rings is 1.